The van der Waals surface area contributed by atoms with Crippen LogP contribution in [0.5, 0.6) is 0 Å². The van der Waals surface area contributed by atoms with Gasteiger partial charge in [0.1, 0.15) is 0 Å². The van der Waals surface area contributed by atoms with Crippen LogP contribution in [-0.2, 0) is 17.2 Å². The maximum atomic E-state index is 11.8. The highest BCUT2D eigenvalue weighted by molar-refractivity contribution is 7.99. The maximum absolute atomic E-state index is 11.8. The first-order valence-corrected chi connectivity index (χ1v) is 8.02. The molecule has 0 spiro atoms. The van der Waals surface area contributed by atoms with Crippen LogP contribution >= 0.6 is 23.4 Å². The van der Waals surface area contributed by atoms with Gasteiger partial charge in [-0.05, 0) is 35.4 Å². The van der Waals surface area contributed by atoms with Crippen molar-refractivity contribution in [1.29, 1.82) is 0 Å². The van der Waals surface area contributed by atoms with Gasteiger partial charge in [0.15, 0.2) is 0 Å². The second kappa shape index (κ2) is 8.08. The number of carbonyl (C=O) groups excluding carboxylic acids is 1. The van der Waals surface area contributed by atoms with E-state index in [4.69, 9.17) is 16.7 Å². The van der Waals surface area contributed by atoms with Gasteiger partial charge in [-0.3, -0.25) is 4.79 Å². The standard InChI is InChI=1S/C16H16ClNO2S/c17-14-3-1-2-13(8-14)10-21-11-16(20)18-15-6-4-12(9-19)5-7-15/h1-8,19H,9-11H2,(H,18,20). The summed E-state index contributed by atoms with van der Waals surface area (Å²) in [6.45, 7) is 0.00368. The van der Waals surface area contributed by atoms with Gasteiger partial charge in [-0.1, -0.05) is 35.9 Å². The minimum Gasteiger partial charge on any atom is -0.392 e. The summed E-state index contributed by atoms with van der Waals surface area (Å²) in [7, 11) is 0. The summed E-state index contributed by atoms with van der Waals surface area (Å²) in [6, 6.07) is 14.8. The molecule has 0 bridgehead atoms. The summed E-state index contributed by atoms with van der Waals surface area (Å²) in [4.78, 5) is 11.8. The van der Waals surface area contributed by atoms with E-state index in [1.165, 1.54) is 11.8 Å². The van der Waals surface area contributed by atoms with Gasteiger partial charge in [0, 0.05) is 16.5 Å². The molecule has 5 heteroatoms. The number of aliphatic hydroxyl groups is 1. The number of benzene rings is 2. The first-order chi connectivity index (χ1) is 10.2. The molecule has 21 heavy (non-hydrogen) atoms. The van der Waals surface area contributed by atoms with Gasteiger partial charge >= 0.3 is 0 Å². The van der Waals surface area contributed by atoms with Crippen molar-refractivity contribution in [2.75, 3.05) is 11.1 Å². The SMILES string of the molecule is O=C(CSCc1cccc(Cl)c1)Nc1ccc(CO)cc1. The number of rotatable bonds is 6. The Morgan fingerprint density at radius 2 is 1.90 bits per heavy atom. The second-order valence-corrected chi connectivity index (χ2v) is 5.95. The molecular weight excluding hydrogens is 306 g/mol. The maximum Gasteiger partial charge on any atom is 0.234 e. The Labute approximate surface area is 133 Å². The van der Waals surface area contributed by atoms with E-state index in [0.717, 1.165) is 22.6 Å². The average Bonchev–Trinajstić information content (AvgIpc) is 2.48. The fourth-order valence-electron chi connectivity index (χ4n) is 1.78. The predicted octanol–water partition coefficient (Wildman–Crippen LogP) is 3.70. The molecule has 0 aliphatic heterocycles. The molecule has 0 fully saturated rings. The van der Waals surface area contributed by atoms with Crippen LogP contribution in [0.3, 0.4) is 0 Å². The quantitative estimate of drug-likeness (QED) is 0.853. The Hall–Kier alpha value is -1.49. The molecule has 0 saturated carbocycles. The van der Waals surface area contributed by atoms with E-state index in [0.29, 0.717) is 10.8 Å². The number of carbonyl (C=O) groups is 1. The lowest BCUT2D eigenvalue weighted by molar-refractivity contribution is -0.113. The van der Waals surface area contributed by atoms with Crippen molar-refractivity contribution in [2.45, 2.75) is 12.4 Å². The van der Waals surface area contributed by atoms with E-state index in [1.54, 1.807) is 24.3 Å². The van der Waals surface area contributed by atoms with E-state index < -0.39 is 0 Å². The Morgan fingerprint density at radius 3 is 2.57 bits per heavy atom. The summed E-state index contributed by atoms with van der Waals surface area (Å²) in [5, 5.41) is 12.5. The number of anilines is 1. The normalized spacial score (nSPS) is 10.4. The second-order valence-electron chi connectivity index (χ2n) is 4.53. The first-order valence-electron chi connectivity index (χ1n) is 6.49. The molecule has 0 atom stereocenters. The summed E-state index contributed by atoms with van der Waals surface area (Å²) < 4.78 is 0. The third-order valence-electron chi connectivity index (χ3n) is 2.81. The van der Waals surface area contributed by atoms with Crippen molar-refractivity contribution in [2.24, 2.45) is 0 Å². The molecule has 110 valence electrons. The van der Waals surface area contributed by atoms with Gasteiger partial charge in [0.25, 0.3) is 0 Å². The molecule has 3 nitrogen and oxygen atoms in total. The number of amides is 1. The van der Waals surface area contributed by atoms with Crippen LogP contribution in [0.25, 0.3) is 0 Å². The number of hydrogen-bond acceptors (Lipinski definition) is 3. The molecule has 0 heterocycles. The Morgan fingerprint density at radius 1 is 1.14 bits per heavy atom. The number of aliphatic hydroxyl groups excluding tert-OH is 1. The van der Waals surface area contributed by atoms with Crippen LogP contribution in [0.15, 0.2) is 48.5 Å². The minimum atomic E-state index is -0.0428. The third-order valence-corrected chi connectivity index (χ3v) is 4.05. The number of thioether (sulfide) groups is 1. The first kappa shape index (κ1) is 15.9. The fourth-order valence-corrected chi connectivity index (χ4v) is 2.77. The van der Waals surface area contributed by atoms with Crippen LogP contribution in [0, 0.1) is 0 Å². The Balaban J connectivity index is 1.76. The molecule has 2 N–H and O–H groups in total. The monoisotopic (exact) mass is 321 g/mol. The molecule has 2 rings (SSSR count). The molecular formula is C16H16ClNO2S. The van der Waals surface area contributed by atoms with E-state index >= 15 is 0 Å². The predicted molar refractivity (Wildman–Crippen MR) is 88.6 cm³/mol. The summed E-state index contributed by atoms with van der Waals surface area (Å²) in [6.07, 6.45) is 0. The van der Waals surface area contributed by atoms with Crippen LogP contribution < -0.4 is 5.32 Å². The van der Waals surface area contributed by atoms with Crippen molar-refractivity contribution in [3.63, 3.8) is 0 Å². The van der Waals surface area contributed by atoms with E-state index in [1.807, 2.05) is 24.3 Å². The van der Waals surface area contributed by atoms with Crippen molar-refractivity contribution in [3.05, 3.63) is 64.7 Å². The van der Waals surface area contributed by atoms with Crippen LogP contribution in [-0.4, -0.2) is 16.8 Å². The van der Waals surface area contributed by atoms with Crippen molar-refractivity contribution >= 4 is 35.0 Å². The van der Waals surface area contributed by atoms with Crippen molar-refractivity contribution in [3.8, 4) is 0 Å². The molecule has 0 aromatic heterocycles. The lowest BCUT2D eigenvalue weighted by Gasteiger charge is -2.06. The zero-order valence-electron chi connectivity index (χ0n) is 11.4. The molecule has 2 aromatic carbocycles. The number of hydrogen-bond donors (Lipinski definition) is 2. The fraction of sp³-hybridized carbons (Fsp3) is 0.188. The van der Waals surface area contributed by atoms with Gasteiger partial charge in [-0.25, -0.2) is 0 Å². The molecule has 0 aliphatic carbocycles. The smallest absolute Gasteiger partial charge is 0.234 e. The molecule has 0 aliphatic rings. The molecule has 2 aromatic rings. The Kier molecular flexibility index (Phi) is 6.11. The van der Waals surface area contributed by atoms with Gasteiger partial charge in [-0.15, -0.1) is 11.8 Å². The summed E-state index contributed by atoms with van der Waals surface area (Å²) in [5.41, 5.74) is 2.66. The molecule has 1 amide bonds. The average molecular weight is 322 g/mol. The van der Waals surface area contributed by atoms with Crippen molar-refractivity contribution < 1.29 is 9.90 Å². The molecule has 0 radical (unpaired) electrons. The molecule has 0 unspecified atom stereocenters. The van der Waals surface area contributed by atoms with Crippen LogP contribution in [0.2, 0.25) is 5.02 Å². The van der Waals surface area contributed by atoms with Gasteiger partial charge < -0.3 is 10.4 Å². The van der Waals surface area contributed by atoms with Gasteiger partial charge in [0.2, 0.25) is 5.91 Å². The minimum absolute atomic E-state index is 0.00368. The van der Waals surface area contributed by atoms with Gasteiger partial charge in [0.05, 0.1) is 12.4 Å². The number of nitrogens with one attached hydrogen (secondary N) is 1. The highest BCUT2D eigenvalue weighted by Gasteiger charge is 2.03. The van der Waals surface area contributed by atoms with Crippen LogP contribution in [0.1, 0.15) is 11.1 Å². The largest absolute Gasteiger partial charge is 0.392 e. The van der Waals surface area contributed by atoms with E-state index in [-0.39, 0.29) is 12.5 Å². The summed E-state index contributed by atoms with van der Waals surface area (Å²) >= 11 is 7.45. The molecule has 0 saturated heterocycles. The third kappa shape index (κ3) is 5.42. The highest BCUT2D eigenvalue weighted by Crippen LogP contribution is 2.17. The van der Waals surface area contributed by atoms with Gasteiger partial charge in [-0.2, -0.15) is 0 Å². The van der Waals surface area contributed by atoms with E-state index in [2.05, 4.69) is 5.32 Å². The topological polar surface area (TPSA) is 49.3 Å². The summed E-state index contributed by atoms with van der Waals surface area (Å²) in [5.74, 6) is 1.09. The van der Waals surface area contributed by atoms with E-state index in [9.17, 15) is 4.79 Å². The van der Waals surface area contributed by atoms with Crippen molar-refractivity contribution in [1.82, 2.24) is 0 Å². The Bertz CT molecular complexity index is 601. The lowest BCUT2D eigenvalue weighted by atomic mass is 10.2. The highest BCUT2D eigenvalue weighted by atomic mass is 35.5. The number of halogens is 1. The zero-order valence-corrected chi connectivity index (χ0v) is 13.0. The van der Waals surface area contributed by atoms with Crippen LogP contribution in [0.4, 0.5) is 5.69 Å². The zero-order chi connectivity index (χ0) is 15.1. The lowest BCUT2D eigenvalue weighted by Crippen LogP contribution is -2.14.